The maximum Gasteiger partial charge on any atom is 0.329 e. The second kappa shape index (κ2) is 5.02. The highest BCUT2D eigenvalue weighted by molar-refractivity contribution is 6.69. The number of aromatic nitrogens is 4. The van der Waals surface area contributed by atoms with Gasteiger partial charge < -0.3 is 8.99 Å². The number of nitrogens with zero attached hydrogens (tertiary/aromatic N) is 3. The van der Waals surface area contributed by atoms with E-state index in [4.69, 9.17) is 4.43 Å². The van der Waals surface area contributed by atoms with Gasteiger partial charge in [0.25, 0.3) is 5.56 Å². The molecule has 2 rings (SSSR count). The Labute approximate surface area is 117 Å². The highest BCUT2D eigenvalue weighted by Crippen LogP contribution is 2.11. The number of hydrogen-bond acceptors (Lipinski definition) is 4. The third kappa shape index (κ3) is 2.91. The molecule has 0 aliphatic heterocycles. The van der Waals surface area contributed by atoms with Crippen LogP contribution < -0.4 is 11.2 Å². The van der Waals surface area contributed by atoms with Crippen LogP contribution in [0.5, 0.6) is 0 Å². The first kappa shape index (κ1) is 14.7. The van der Waals surface area contributed by atoms with Crippen molar-refractivity contribution in [1.29, 1.82) is 0 Å². The molecule has 0 aliphatic carbocycles. The predicted molar refractivity (Wildman–Crippen MR) is 79.5 cm³/mol. The Hall–Kier alpha value is -1.67. The lowest BCUT2D eigenvalue weighted by Crippen LogP contribution is -2.33. The number of H-pyrrole nitrogens is 1. The van der Waals surface area contributed by atoms with Gasteiger partial charge in [-0.2, -0.15) is 0 Å². The summed E-state index contributed by atoms with van der Waals surface area (Å²) in [6.45, 7) is 8.85. The number of rotatable bonds is 4. The third-order valence-corrected chi connectivity index (χ3v) is 3.99. The van der Waals surface area contributed by atoms with Gasteiger partial charge in [0, 0.05) is 13.6 Å². The standard InChI is InChI=1S/C12H20N4O3Si/c1-8(19-20(3,4)5)6-16-7-13-10-9(16)11(17)14-12(18)15(10)2/h7-8H,6H2,1-5H3,(H,14,17,18). The Bertz CT molecular complexity index is 738. The van der Waals surface area contributed by atoms with E-state index in [9.17, 15) is 9.59 Å². The number of aryl methyl sites for hydroxylation is 1. The molecule has 0 radical (unpaired) electrons. The summed E-state index contributed by atoms with van der Waals surface area (Å²) in [6, 6.07) is 0. The molecule has 2 aromatic heterocycles. The summed E-state index contributed by atoms with van der Waals surface area (Å²) in [6.07, 6.45) is 1.55. The van der Waals surface area contributed by atoms with Crippen molar-refractivity contribution in [3.8, 4) is 0 Å². The minimum absolute atomic E-state index is 0.0179. The molecule has 1 unspecified atom stereocenters. The van der Waals surface area contributed by atoms with E-state index in [0.717, 1.165) is 0 Å². The van der Waals surface area contributed by atoms with Crippen molar-refractivity contribution in [3.63, 3.8) is 0 Å². The number of imidazole rings is 1. The molecule has 0 saturated heterocycles. The summed E-state index contributed by atoms with van der Waals surface area (Å²) in [5, 5.41) is 0. The summed E-state index contributed by atoms with van der Waals surface area (Å²) in [5.41, 5.74) is -0.0861. The Balaban J connectivity index is 2.40. The van der Waals surface area contributed by atoms with Gasteiger partial charge >= 0.3 is 5.69 Å². The van der Waals surface area contributed by atoms with Gasteiger partial charge in [0.05, 0.1) is 12.4 Å². The Morgan fingerprint density at radius 2 is 2.05 bits per heavy atom. The quantitative estimate of drug-likeness (QED) is 0.840. The van der Waals surface area contributed by atoms with Crippen LogP contribution in [-0.4, -0.2) is 33.5 Å². The molecule has 110 valence electrons. The Morgan fingerprint density at radius 3 is 2.65 bits per heavy atom. The lowest BCUT2D eigenvalue weighted by atomic mass is 10.4. The molecule has 2 aromatic rings. The van der Waals surface area contributed by atoms with Crippen molar-refractivity contribution in [1.82, 2.24) is 19.1 Å². The van der Waals surface area contributed by atoms with Crippen LogP contribution in [0, 0.1) is 0 Å². The minimum atomic E-state index is -1.63. The van der Waals surface area contributed by atoms with Crippen LogP contribution in [0.2, 0.25) is 19.6 Å². The minimum Gasteiger partial charge on any atom is -0.413 e. The zero-order valence-corrected chi connectivity index (χ0v) is 13.4. The molecule has 0 aromatic carbocycles. The lowest BCUT2D eigenvalue weighted by Gasteiger charge is -2.23. The van der Waals surface area contributed by atoms with Crippen LogP contribution in [0.3, 0.4) is 0 Å². The normalized spacial score (nSPS) is 13.8. The van der Waals surface area contributed by atoms with Gasteiger partial charge in [0.15, 0.2) is 19.5 Å². The molecule has 8 heteroatoms. The summed E-state index contributed by atoms with van der Waals surface area (Å²) in [5.74, 6) is 0. The molecule has 1 N–H and O–H groups in total. The molecular weight excluding hydrogens is 276 g/mol. The van der Waals surface area contributed by atoms with Gasteiger partial charge in [-0.3, -0.25) is 14.3 Å². The van der Waals surface area contributed by atoms with E-state index in [1.54, 1.807) is 17.9 Å². The third-order valence-electron chi connectivity index (χ3n) is 2.88. The summed E-state index contributed by atoms with van der Waals surface area (Å²) in [7, 11) is -0.0463. The van der Waals surface area contributed by atoms with Crippen molar-refractivity contribution in [2.45, 2.75) is 39.2 Å². The first-order valence-electron chi connectivity index (χ1n) is 6.51. The van der Waals surface area contributed by atoms with Gasteiger partial charge in [-0.05, 0) is 26.6 Å². The van der Waals surface area contributed by atoms with Crippen LogP contribution >= 0.6 is 0 Å². The fourth-order valence-corrected chi connectivity index (χ4v) is 3.52. The number of aromatic amines is 1. The summed E-state index contributed by atoms with van der Waals surface area (Å²) in [4.78, 5) is 29.9. The molecule has 0 aliphatic rings. The maximum atomic E-state index is 11.9. The van der Waals surface area contributed by atoms with E-state index in [0.29, 0.717) is 17.7 Å². The van der Waals surface area contributed by atoms with Crippen LogP contribution in [0.1, 0.15) is 6.92 Å². The average Bonchev–Trinajstić information content (AvgIpc) is 2.67. The van der Waals surface area contributed by atoms with E-state index >= 15 is 0 Å². The van der Waals surface area contributed by atoms with Gasteiger partial charge in [-0.25, -0.2) is 9.78 Å². The van der Waals surface area contributed by atoms with E-state index < -0.39 is 19.6 Å². The highest BCUT2D eigenvalue weighted by Gasteiger charge is 2.20. The zero-order chi connectivity index (χ0) is 15.1. The van der Waals surface area contributed by atoms with E-state index in [1.807, 2.05) is 6.92 Å². The van der Waals surface area contributed by atoms with Crippen LogP contribution in [-0.2, 0) is 18.0 Å². The Morgan fingerprint density at radius 1 is 1.40 bits per heavy atom. The fraction of sp³-hybridized carbons (Fsp3) is 0.583. The van der Waals surface area contributed by atoms with Crippen molar-refractivity contribution in [2.24, 2.45) is 7.05 Å². The highest BCUT2D eigenvalue weighted by atomic mass is 28.4. The van der Waals surface area contributed by atoms with Crippen molar-refractivity contribution >= 4 is 19.5 Å². The largest absolute Gasteiger partial charge is 0.413 e. The van der Waals surface area contributed by atoms with Crippen LogP contribution in [0.4, 0.5) is 0 Å². The molecule has 0 fully saturated rings. The van der Waals surface area contributed by atoms with E-state index in [2.05, 4.69) is 29.6 Å². The topological polar surface area (TPSA) is 81.9 Å². The molecular formula is C12H20N4O3Si. The molecule has 0 amide bonds. The average molecular weight is 296 g/mol. The second-order valence-electron chi connectivity index (χ2n) is 5.93. The smallest absolute Gasteiger partial charge is 0.329 e. The van der Waals surface area contributed by atoms with Gasteiger partial charge in [-0.1, -0.05) is 0 Å². The summed E-state index contributed by atoms with van der Waals surface area (Å²) < 4.78 is 9.03. The number of fused-ring (bicyclic) bond motifs is 1. The fourth-order valence-electron chi connectivity index (χ4n) is 2.24. The van der Waals surface area contributed by atoms with Crippen molar-refractivity contribution in [3.05, 3.63) is 27.2 Å². The van der Waals surface area contributed by atoms with Crippen LogP contribution in [0.25, 0.3) is 11.2 Å². The van der Waals surface area contributed by atoms with Gasteiger partial charge in [0.1, 0.15) is 0 Å². The summed E-state index contributed by atoms with van der Waals surface area (Å²) >= 11 is 0. The maximum absolute atomic E-state index is 11.9. The Kier molecular flexibility index (Phi) is 3.70. The molecule has 0 saturated carbocycles. The molecule has 2 heterocycles. The number of nitrogens with one attached hydrogen (secondary N) is 1. The monoisotopic (exact) mass is 296 g/mol. The lowest BCUT2D eigenvalue weighted by molar-refractivity contribution is 0.193. The van der Waals surface area contributed by atoms with Crippen molar-refractivity contribution in [2.75, 3.05) is 0 Å². The van der Waals surface area contributed by atoms with E-state index in [-0.39, 0.29) is 6.10 Å². The molecule has 20 heavy (non-hydrogen) atoms. The van der Waals surface area contributed by atoms with Crippen LogP contribution in [0.15, 0.2) is 15.9 Å². The molecule has 1 atom stereocenters. The first-order valence-corrected chi connectivity index (χ1v) is 9.92. The SMILES string of the molecule is CC(Cn1cnc2c1c(=O)[nH]c(=O)n2C)O[Si](C)(C)C. The molecule has 7 nitrogen and oxygen atoms in total. The van der Waals surface area contributed by atoms with Gasteiger partial charge in [-0.15, -0.1) is 0 Å². The van der Waals surface area contributed by atoms with Gasteiger partial charge in [0.2, 0.25) is 0 Å². The predicted octanol–water partition coefficient (Wildman–Crippen LogP) is 0.663. The van der Waals surface area contributed by atoms with E-state index in [1.165, 1.54) is 4.57 Å². The van der Waals surface area contributed by atoms with Crippen molar-refractivity contribution < 1.29 is 4.43 Å². The second-order valence-corrected chi connectivity index (χ2v) is 10.4. The number of hydrogen-bond donors (Lipinski definition) is 1. The molecule has 0 bridgehead atoms. The molecule has 0 spiro atoms. The zero-order valence-electron chi connectivity index (χ0n) is 12.4. The first-order chi connectivity index (χ1) is 9.19.